The van der Waals surface area contributed by atoms with Crippen molar-refractivity contribution in [2.75, 3.05) is 13.1 Å². The molecule has 3 amide bonds. The summed E-state index contributed by atoms with van der Waals surface area (Å²) >= 11 is 0. The molecular weight excluding hydrogens is 300 g/mol. The topological polar surface area (TPSA) is 125 Å². The first-order chi connectivity index (χ1) is 10.7. The standard InChI is InChI=1S/C15H26N4O4/c1-8(2)13(22)19-10(4-5-15(19)7-18-14(15)23)6-17-11(9(3)20)12(16)21/h8-11,17,20H,4-7H2,1-3H3,(H2,16,21)(H,18,23)/t9-,10?,11+,15?/m1/s1. The summed E-state index contributed by atoms with van der Waals surface area (Å²) in [7, 11) is 0. The molecule has 4 atom stereocenters. The van der Waals surface area contributed by atoms with Crippen LogP contribution in [0.15, 0.2) is 0 Å². The number of carbonyl (C=O) groups excluding carboxylic acids is 3. The highest BCUT2D eigenvalue weighted by Crippen LogP contribution is 2.38. The molecule has 0 aromatic carbocycles. The van der Waals surface area contributed by atoms with E-state index >= 15 is 0 Å². The number of likely N-dealkylation sites (tertiary alicyclic amines) is 1. The van der Waals surface area contributed by atoms with E-state index in [1.165, 1.54) is 6.92 Å². The fourth-order valence-electron chi connectivity index (χ4n) is 3.40. The van der Waals surface area contributed by atoms with Crippen LogP contribution in [0.5, 0.6) is 0 Å². The Morgan fingerprint density at radius 1 is 1.48 bits per heavy atom. The molecule has 8 heteroatoms. The Balaban J connectivity index is 2.13. The second kappa shape index (κ2) is 6.45. The van der Waals surface area contributed by atoms with Crippen LogP contribution in [0.25, 0.3) is 0 Å². The number of carbonyl (C=O) groups is 3. The monoisotopic (exact) mass is 326 g/mol. The van der Waals surface area contributed by atoms with Gasteiger partial charge in [0.2, 0.25) is 17.7 Å². The summed E-state index contributed by atoms with van der Waals surface area (Å²) in [5, 5.41) is 15.3. The minimum atomic E-state index is -0.927. The van der Waals surface area contributed by atoms with Crippen molar-refractivity contribution < 1.29 is 19.5 Å². The Labute approximate surface area is 135 Å². The van der Waals surface area contributed by atoms with E-state index in [4.69, 9.17) is 5.73 Å². The van der Waals surface area contributed by atoms with Crippen molar-refractivity contribution >= 4 is 17.7 Å². The van der Waals surface area contributed by atoms with Gasteiger partial charge in [0, 0.05) is 18.5 Å². The molecule has 0 aromatic rings. The van der Waals surface area contributed by atoms with Crippen molar-refractivity contribution in [3.8, 4) is 0 Å². The van der Waals surface area contributed by atoms with Crippen LogP contribution in [0.4, 0.5) is 0 Å². The Morgan fingerprint density at radius 2 is 2.13 bits per heavy atom. The SMILES string of the molecule is CC(C)C(=O)N1C(CN[C@H](C(N)=O)[C@@H](C)O)CCC12CNC2=O. The molecule has 2 aliphatic heterocycles. The van der Waals surface area contributed by atoms with E-state index in [0.29, 0.717) is 25.9 Å². The minimum Gasteiger partial charge on any atom is -0.391 e. The molecule has 2 unspecified atom stereocenters. The van der Waals surface area contributed by atoms with Crippen LogP contribution in [0.2, 0.25) is 0 Å². The number of primary amides is 1. The van der Waals surface area contributed by atoms with Gasteiger partial charge >= 0.3 is 0 Å². The molecule has 8 nitrogen and oxygen atoms in total. The van der Waals surface area contributed by atoms with Crippen molar-refractivity contribution in [3.63, 3.8) is 0 Å². The van der Waals surface area contributed by atoms with Gasteiger partial charge in [0.1, 0.15) is 11.6 Å². The highest BCUT2D eigenvalue weighted by Gasteiger charge is 2.58. The molecule has 0 aromatic heterocycles. The van der Waals surface area contributed by atoms with Crippen molar-refractivity contribution in [2.24, 2.45) is 11.7 Å². The second-order valence-corrected chi connectivity index (χ2v) is 6.80. The molecule has 130 valence electrons. The fraction of sp³-hybridized carbons (Fsp3) is 0.800. The Morgan fingerprint density at radius 3 is 2.52 bits per heavy atom. The molecule has 2 rings (SSSR count). The summed E-state index contributed by atoms with van der Waals surface area (Å²) < 4.78 is 0. The predicted octanol–water partition coefficient (Wildman–Crippen LogP) is -1.67. The molecule has 2 saturated heterocycles. The van der Waals surface area contributed by atoms with Gasteiger partial charge in [0.25, 0.3) is 0 Å². The number of nitrogens with zero attached hydrogens (tertiary/aromatic N) is 1. The molecule has 0 saturated carbocycles. The third-order valence-corrected chi connectivity index (χ3v) is 4.78. The number of aliphatic hydroxyl groups is 1. The maximum Gasteiger partial charge on any atom is 0.247 e. The number of aliphatic hydroxyl groups excluding tert-OH is 1. The first kappa shape index (κ1) is 17.7. The minimum absolute atomic E-state index is 0.0724. The van der Waals surface area contributed by atoms with Crippen molar-refractivity contribution in [2.45, 2.75) is 57.3 Å². The van der Waals surface area contributed by atoms with Gasteiger partial charge in [-0.3, -0.25) is 14.4 Å². The number of hydrogen-bond acceptors (Lipinski definition) is 5. The van der Waals surface area contributed by atoms with Crippen LogP contribution in [0, 0.1) is 5.92 Å². The molecule has 2 heterocycles. The average molecular weight is 326 g/mol. The van der Waals surface area contributed by atoms with E-state index in [2.05, 4.69) is 10.6 Å². The number of rotatable bonds is 6. The van der Waals surface area contributed by atoms with Crippen LogP contribution in [0.1, 0.15) is 33.6 Å². The van der Waals surface area contributed by atoms with Crippen LogP contribution in [0.3, 0.4) is 0 Å². The smallest absolute Gasteiger partial charge is 0.247 e. The van der Waals surface area contributed by atoms with Crippen LogP contribution < -0.4 is 16.4 Å². The molecule has 1 spiro atoms. The lowest BCUT2D eigenvalue weighted by molar-refractivity contribution is -0.156. The third kappa shape index (κ3) is 3.05. The Bertz CT molecular complexity index is 508. The predicted molar refractivity (Wildman–Crippen MR) is 83.1 cm³/mol. The van der Waals surface area contributed by atoms with E-state index in [9.17, 15) is 19.5 Å². The van der Waals surface area contributed by atoms with Gasteiger partial charge in [-0.15, -0.1) is 0 Å². The largest absolute Gasteiger partial charge is 0.391 e. The maximum atomic E-state index is 12.6. The molecule has 0 bridgehead atoms. The van der Waals surface area contributed by atoms with Crippen molar-refractivity contribution in [1.82, 2.24) is 15.5 Å². The maximum absolute atomic E-state index is 12.6. The molecule has 2 aliphatic rings. The van der Waals surface area contributed by atoms with E-state index in [-0.39, 0.29) is 23.8 Å². The number of nitrogens with one attached hydrogen (secondary N) is 2. The molecule has 2 fully saturated rings. The number of amides is 3. The number of nitrogens with two attached hydrogens (primary N) is 1. The first-order valence-corrected chi connectivity index (χ1v) is 8.03. The summed E-state index contributed by atoms with van der Waals surface area (Å²) in [6.45, 7) is 5.87. The lowest BCUT2D eigenvalue weighted by Gasteiger charge is -2.47. The zero-order chi connectivity index (χ0) is 17.4. The van der Waals surface area contributed by atoms with Crippen LogP contribution >= 0.6 is 0 Å². The molecule has 0 radical (unpaired) electrons. The van der Waals surface area contributed by atoms with Crippen molar-refractivity contribution in [1.29, 1.82) is 0 Å². The highest BCUT2D eigenvalue weighted by molar-refractivity contribution is 5.97. The molecule has 0 aliphatic carbocycles. The lowest BCUT2D eigenvalue weighted by Crippen LogP contribution is -2.73. The van der Waals surface area contributed by atoms with Gasteiger partial charge in [-0.2, -0.15) is 0 Å². The fourth-order valence-corrected chi connectivity index (χ4v) is 3.40. The molecule has 5 N–H and O–H groups in total. The van der Waals surface area contributed by atoms with Gasteiger partial charge in [0.05, 0.1) is 12.6 Å². The van der Waals surface area contributed by atoms with Gasteiger partial charge in [-0.05, 0) is 19.8 Å². The van der Waals surface area contributed by atoms with E-state index in [0.717, 1.165) is 0 Å². The lowest BCUT2D eigenvalue weighted by atomic mass is 9.87. The zero-order valence-corrected chi connectivity index (χ0v) is 13.8. The van der Waals surface area contributed by atoms with E-state index < -0.39 is 23.6 Å². The van der Waals surface area contributed by atoms with E-state index in [1.807, 2.05) is 0 Å². The van der Waals surface area contributed by atoms with Crippen LogP contribution in [-0.2, 0) is 14.4 Å². The molecule has 23 heavy (non-hydrogen) atoms. The number of β-lactam (4-membered cyclic amide) rings is 1. The normalized spacial score (nSPS) is 29.3. The van der Waals surface area contributed by atoms with Gasteiger partial charge < -0.3 is 26.4 Å². The van der Waals surface area contributed by atoms with Gasteiger partial charge in [0.15, 0.2) is 0 Å². The van der Waals surface area contributed by atoms with Crippen LogP contribution in [-0.4, -0.2) is 64.5 Å². The first-order valence-electron chi connectivity index (χ1n) is 8.03. The van der Waals surface area contributed by atoms with Crippen molar-refractivity contribution in [3.05, 3.63) is 0 Å². The zero-order valence-electron chi connectivity index (χ0n) is 13.8. The second-order valence-electron chi connectivity index (χ2n) is 6.80. The average Bonchev–Trinajstić information content (AvgIpc) is 2.85. The van der Waals surface area contributed by atoms with Gasteiger partial charge in [-0.1, -0.05) is 13.8 Å². The highest BCUT2D eigenvalue weighted by atomic mass is 16.3. The summed E-state index contributed by atoms with van der Waals surface area (Å²) in [5.74, 6) is -1.05. The van der Waals surface area contributed by atoms with Gasteiger partial charge in [-0.25, -0.2) is 0 Å². The summed E-state index contributed by atoms with van der Waals surface area (Å²) in [5.41, 5.74) is 4.52. The number of hydrogen-bond donors (Lipinski definition) is 4. The Hall–Kier alpha value is -1.67. The Kier molecular flexibility index (Phi) is 4.95. The quantitative estimate of drug-likeness (QED) is 0.434. The summed E-state index contributed by atoms with van der Waals surface area (Å²) in [4.78, 5) is 37.7. The van der Waals surface area contributed by atoms with E-state index in [1.54, 1.807) is 18.7 Å². The third-order valence-electron chi connectivity index (χ3n) is 4.78. The molecular formula is C15H26N4O4. The summed E-state index contributed by atoms with van der Waals surface area (Å²) in [6.07, 6.45) is 0.355. The summed E-state index contributed by atoms with van der Waals surface area (Å²) in [6, 6.07) is -1.07.